The van der Waals surface area contributed by atoms with Crippen molar-refractivity contribution in [3.8, 4) is 11.4 Å². The monoisotopic (exact) mass is 393 g/mol. The van der Waals surface area contributed by atoms with Crippen LogP contribution in [0.5, 0.6) is 0 Å². The fourth-order valence-electron chi connectivity index (χ4n) is 4.68. The first-order valence-corrected chi connectivity index (χ1v) is 10.7. The summed E-state index contributed by atoms with van der Waals surface area (Å²) in [6.45, 7) is 9.26. The molecule has 4 rings (SSSR count). The molecule has 0 radical (unpaired) electrons. The van der Waals surface area contributed by atoms with Crippen molar-refractivity contribution in [2.75, 3.05) is 19.6 Å². The predicted molar refractivity (Wildman–Crippen MR) is 113 cm³/mol. The second-order valence-corrected chi connectivity index (χ2v) is 9.49. The molecule has 0 spiro atoms. The van der Waals surface area contributed by atoms with Crippen LogP contribution in [0, 0.1) is 11.3 Å². The predicted octanol–water partition coefficient (Wildman–Crippen LogP) is 3.40. The number of piperidine rings is 1. The van der Waals surface area contributed by atoms with Gasteiger partial charge in [-0.2, -0.15) is 0 Å². The summed E-state index contributed by atoms with van der Waals surface area (Å²) in [5.41, 5.74) is 3.08. The Hall–Kier alpha value is -2.34. The molecule has 2 atom stereocenters. The number of likely N-dealkylation sites (tertiary alicyclic amines) is 1. The summed E-state index contributed by atoms with van der Waals surface area (Å²) in [5, 5.41) is 3.28. The van der Waals surface area contributed by atoms with Gasteiger partial charge in [-0.05, 0) is 55.7 Å². The molecule has 1 saturated heterocycles. The highest BCUT2D eigenvalue weighted by atomic mass is 16.2. The minimum absolute atomic E-state index is 0.0357. The summed E-state index contributed by atoms with van der Waals surface area (Å²) >= 11 is 0. The van der Waals surface area contributed by atoms with Crippen molar-refractivity contribution in [2.45, 2.75) is 52.5 Å². The van der Waals surface area contributed by atoms with Crippen LogP contribution < -0.4 is 5.32 Å². The van der Waals surface area contributed by atoms with Crippen LogP contribution in [0.3, 0.4) is 0 Å². The maximum absolute atomic E-state index is 12.8. The van der Waals surface area contributed by atoms with Crippen LogP contribution in [0.2, 0.25) is 0 Å². The van der Waals surface area contributed by atoms with Gasteiger partial charge in [0.1, 0.15) is 0 Å². The topological polar surface area (TPSA) is 71.0 Å². The zero-order chi connectivity index (χ0) is 20.4. The van der Waals surface area contributed by atoms with Crippen LogP contribution in [0.15, 0.2) is 30.7 Å². The molecule has 0 saturated carbocycles. The number of hydrogen-bond acceptors (Lipinski definition) is 5. The Morgan fingerprint density at radius 2 is 2.21 bits per heavy atom. The van der Waals surface area contributed by atoms with Gasteiger partial charge in [0.25, 0.3) is 0 Å². The molecule has 1 aliphatic heterocycles. The summed E-state index contributed by atoms with van der Waals surface area (Å²) in [5.74, 6) is 1.47. The number of hydrogen-bond donors (Lipinski definition) is 1. The molecule has 0 aromatic carbocycles. The number of nitrogens with zero attached hydrogens (tertiary/aromatic N) is 4. The van der Waals surface area contributed by atoms with Crippen LogP contribution >= 0.6 is 0 Å². The van der Waals surface area contributed by atoms with Crippen LogP contribution in [0.25, 0.3) is 11.4 Å². The van der Waals surface area contributed by atoms with Crippen LogP contribution in [-0.4, -0.2) is 45.4 Å². The quantitative estimate of drug-likeness (QED) is 0.862. The molecule has 2 aromatic heterocycles. The Kier molecular flexibility index (Phi) is 5.63. The number of fused-ring (bicyclic) bond motifs is 1. The van der Waals surface area contributed by atoms with E-state index in [1.54, 1.807) is 12.4 Å². The second-order valence-electron chi connectivity index (χ2n) is 9.49. The van der Waals surface area contributed by atoms with Gasteiger partial charge < -0.3 is 5.32 Å². The highest BCUT2D eigenvalue weighted by molar-refractivity contribution is 5.78. The van der Waals surface area contributed by atoms with Gasteiger partial charge in [-0.3, -0.25) is 14.7 Å². The van der Waals surface area contributed by atoms with E-state index in [9.17, 15) is 4.79 Å². The standard InChI is InChI=1S/C23H31N5O/c1-16-6-5-9-28(14-16)15-21(29)26-19-10-23(2,3)11-20-18(19)13-25-22(27-20)17-7-4-8-24-12-17/h4,7-8,12-13,16,19H,5-6,9-11,14-15H2,1-3H3,(H,26,29)/t16-,19+/m0/s1. The van der Waals surface area contributed by atoms with E-state index in [4.69, 9.17) is 4.98 Å². The van der Waals surface area contributed by atoms with E-state index in [1.807, 2.05) is 18.3 Å². The molecular weight excluding hydrogens is 362 g/mol. The Bertz CT molecular complexity index is 867. The molecule has 3 heterocycles. The second kappa shape index (κ2) is 8.19. The molecule has 29 heavy (non-hydrogen) atoms. The molecule has 1 amide bonds. The lowest BCUT2D eigenvalue weighted by atomic mass is 9.74. The molecule has 154 valence electrons. The third-order valence-electron chi connectivity index (χ3n) is 6.04. The van der Waals surface area contributed by atoms with Gasteiger partial charge in [0.2, 0.25) is 5.91 Å². The molecule has 0 unspecified atom stereocenters. The lowest BCUT2D eigenvalue weighted by molar-refractivity contribution is -0.123. The average molecular weight is 394 g/mol. The molecule has 6 heteroatoms. The van der Waals surface area contributed by atoms with Gasteiger partial charge in [0.05, 0.1) is 18.3 Å². The maximum Gasteiger partial charge on any atom is 0.234 e. The fraction of sp³-hybridized carbons (Fsp3) is 0.565. The lowest BCUT2D eigenvalue weighted by Gasteiger charge is -2.37. The minimum atomic E-state index is -0.0357. The third kappa shape index (κ3) is 4.81. The van der Waals surface area contributed by atoms with Gasteiger partial charge in [0, 0.05) is 36.3 Å². The fourth-order valence-corrected chi connectivity index (χ4v) is 4.68. The zero-order valence-corrected chi connectivity index (χ0v) is 17.7. The van der Waals surface area contributed by atoms with Gasteiger partial charge in [-0.25, -0.2) is 9.97 Å². The molecule has 2 aliphatic rings. The number of carbonyl (C=O) groups is 1. The highest BCUT2D eigenvalue weighted by Gasteiger charge is 2.35. The van der Waals surface area contributed by atoms with Gasteiger partial charge in [-0.1, -0.05) is 20.8 Å². The first-order chi connectivity index (χ1) is 13.9. The summed E-state index contributed by atoms with van der Waals surface area (Å²) in [4.78, 5) is 28.7. The highest BCUT2D eigenvalue weighted by Crippen LogP contribution is 2.40. The van der Waals surface area contributed by atoms with Crippen molar-refractivity contribution in [1.82, 2.24) is 25.2 Å². The van der Waals surface area contributed by atoms with Crippen molar-refractivity contribution in [2.24, 2.45) is 11.3 Å². The molecule has 6 nitrogen and oxygen atoms in total. The molecule has 2 aromatic rings. The van der Waals surface area contributed by atoms with Gasteiger partial charge >= 0.3 is 0 Å². The largest absolute Gasteiger partial charge is 0.348 e. The number of aromatic nitrogens is 3. The summed E-state index contributed by atoms with van der Waals surface area (Å²) in [6.07, 6.45) is 9.66. The number of pyridine rings is 1. The number of rotatable bonds is 4. The first kappa shape index (κ1) is 20.0. The van der Waals surface area contributed by atoms with Crippen LogP contribution in [-0.2, 0) is 11.2 Å². The van der Waals surface area contributed by atoms with Crippen molar-refractivity contribution in [1.29, 1.82) is 0 Å². The van der Waals surface area contributed by atoms with Crippen molar-refractivity contribution < 1.29 is 4.79 Å². The molecule has 1 fully saturated rings. The Labute approximate surface area is 173 Å². The van der Waals surface area contributed by atoms with Gasteiger partial charge in [-0.15, -0.1) is 0 Å². The van der Waals surface area contributed by atoms with Crippen LogP contribution in [0.4, 0.5) is 0 Å². The van der Waals surface area contributed by atoms with E-state index in [2.05, 4.69) is 41.0 Å². The number of carbonyl (C=O) groups excluding carboxylic acids is 1. The smallest absolute Gasteiger partial charge is 0.234 e. The van der Waals surface area contributed by atoms with Crippen molar-refractivity contribution >= 4 is 5.91 Å². The van der Waals surface area contributed by atoms with Crippen molar-refractivity contribution in [3.05, 3.63) is 42.0 Å². The summed E-state index contributed by atoms with van der Waals surface area (Å²) in [6, 6.07) is 3.83. The van der Waals surface area contributed by atoms with E-state index in [0.717, 1.165) is 42.8 Å². The normalized spacial score (nSPS) is 24.0. The molecule has 1 aliphatic carbocycles. The number of nitrogens with one attached hydrogen (secondary N) is 1. The first-order valence-electron chi connectivity index (χ1n) is 10.7. The van der Waals surface area contributed by atoms with Crippen molar-refractivity contribution in [3.63, 3.8) is 0 Å². The van der Waals surface area contributed by atoms with E-state index in [-0.39, 0.29) is 17.4 Å². The van der Waals surface area contributed by atoms with Gasteiger partial charge in [0.15, 0.2) is 5.82 Å². The van der Waals surface area contributed by atoms with E-state index >= 15 is 0 Å². The Balaban J connectivity index is 1.52. The van der Waals surface area contributed by atoms with E-state index in [1.165, 1.54) is 12.8 Å². The zero-order valence-electron chi connectivity index (χ0n) is 17.7. The summed E-state index contributed by atoms with van der Waals surface area (Å²) < 4.78 is 0. The van der Waals surface area contributed by atoms with E-state index < -0.39 is 0 Å². The van der Waals surface area contributed by atoms with E-state index in [0.29, 0.717) is 18.3 Å². The molecular formula is C23H31N5O. The Morgan fingerprint density at radius 1 is 1.34 bits per heavy atom. The lowest BCUT2D eigenvalue weighted by Crippen LogP contribution is -2.44. The molecule has 1 N–H and O–H groups in total. The van der Waals surface area contributed by atoms with Crippen LogP contribution in [0.1, 0.15) is 57.3 Å². The third-order valence-corrected chi connectivity index (χ3v) is 6.04. The SMILES string of the molecule is C[C@H]1CCCN(CC(=O)N[C@@H]2CC(C)(C)Cc3nc(-c4cccnc4)ncc32)C1. The molecule has 0 bridgehead atoms. The minimum Gasteiger partial charge on any atom is -0.348 e. The number of amides is 1. The average Bonchev–Trinajstić information content (AvgIpc) is 2.67. The maximum atomic E-state index is 12.8. The summed E-state index contributed by atoms with van der Waals surface area (Å²) in [7, 11) is 0. The Morgan fingerprint density at radius 3 is 2.97 bits per heavy atom.